The summed E-state index contributed by atoms with van der Waals surface area (Å²) in [5.41, 5.74) is -2.87. The fourth-order valence-corrected chi connectivity index (χ4v) is 3.00. The zero-order valence-corrected chi connectivity index (χ0v) is 17.3. The molecule has 0 aliphatic heterocycles. The van der Waals surface area contributed by atoms with E-state index in [0.29, 0.717) is 11.1 Å². The van der Waals surface area contributed by atoms with Crippen molar-refractivity contribution in [1.29, 1.82) is 0 Å². The number of carbonyl (C=O) groups is 1. The molecule has 1 N–H and O–H groups in total. The Labute approximate surface area is 188 Å². The maximum absolute atomic E-state index is 14.3. The Hall–Kier alpha value is -2.76. The van der Waals surface area contributed by atoms with Crippen LogP contribution in [0.15, 0.2) is 60.7 Å². The number of rotatable bonds is 10. The predicted octanol–water partition coefficient (Wildman–Crippen LogP) is 5.95. The Morgan fingerprint density at radius 2 is 1.21 bits per heavy atom. The van der Waals surface area contributed by atoms with Crippen LogP contribution in [0.25, 0.3) is 0 Å². The summed E-state index contributed by atoms with van der Waals surface area (Å²) in [4.78, 5) is 12.5. The number of ether oxygens (including phenoxy) is 1. The van der Waals surface area contributed by atoms with Crippen LogP contribution in [0, 0.1) is 0 Å². The highest BCUT2D eigenvalue weighted by Crippen LogP contribution is 2.55. The molecular weight excluding hydrogens is 483 g/mol. The normalized spacial score (nSPS) is 15.0. The molecule has 3 nitrogen and oxygen atoms in total. The lowest BCUT2D eigenvalue weighted by molar-refractivity contribution is -0.399. The molecule has 12 heteroatoms. The van der Waals surface area contributed by atoms with E-state index in [2.05, 4.69) is 0 Å². The molecule has 0 bridgehead atoms. The van der Waals surface area contributed by atoms with E-state index >= 15 is 0 Å². The molecule has 2 rings (SSSR count). The zero-order valence-electron chi connectivity index (χ0n) is 17.3. The molecule has 0 saturated carbocycles. The second-order valence-corrected chi connectivity index (χ2v) is 7.61. The first kappa shape index (κ1) is 27.5. The fraction of sp³-hybridized carbons (Fsp3) is 0.409. The van der Waals surface area contributed by atoms with Gasteiger partial charge in [0.2, 0.25) is 0 Å². The number of hydrogen-bond acceptors (Lipinski definition) is 3. The van der Waals surface area contributed by atoms with Gasteiger partial charge in [-0.3, -0.25) is 0 Å². The van der Waals surface area contributed by atoms with Gasteiger partial charge in [0.25, 0.3) is 0 Å². The highest BCUT2D eigenvalue weighted by atomic mass is 19.4. The Bertz CT molecular complexity index is 947. The fourth-order valence-electron chi connectivity index (χ4n) is 3.00. The first-order valence-electron chi connectivity index (χ1n) is 9.71. The number of hydrogen-bond donors (Lipinski definition) is 1. The van der Waals surface area contributed by atoms with Gasteiger partial charge in [0.1, 0.15) is 6.61 Å². The van der Waals surface area contributed by atoms with Crippen LogP contribution in [0.2, 0.25) is 0 Å². The summed E-state index contributed by atoms with van der Waals surface area (Å²) in [5.74, 6) is -22.1. The van der Waals surface area contributed by atoms with Gasteiger partial charge in [-0.1, -0.05) is 60.7 Å². The van der Waals surface area contributed by atoms with E-state index in [0.717, 1.165) is 0 Å². The standard InChI is InChI=1S/C22H19F9O3/c23-19(24,20(25,26)21(27,28)22(29,30)31)14-18(33,12-11-15-7-3-1-4-8-15)17(32)34-13-16-9-5-2-6-10-16/h1-10,33H,11-14H2. The molecule has 0 aliphatic carbocycles. The average Bonchev–Trinajstić information content (AvgIpc) is 2.76. The van der Waals surface area contributed by atoms with Gasteiger partial charge in [-0.05, 0) is 24.0 Å². The van der Waals surface area contributed by atoms with Gasteiger partial charge in [0.15, 0.2) is 5.60 Å². The van der Waals surface area contributed by atoms with E-state index in [1.165, 1.54) is 48.5 Å². The lowest BCUT2D eigenvalue weighted by Crippen LogP contribution is -2.63. The smallest absolute Gasteiger partial charge is 0.459 e. The molecule has 0 saturated heterocycles. The van der Waals surface area contributed by atoms with Gasteiger partial charge in [-0.15, -0.1) is 0 Å². The molecule has 2 aromatic rings. The van der Waals surface area contributed by atoms with Crippen LogP contribution >= 0.6 is 0 Å². The van der Waals surface area contributed by atoms with Crippen LogP contribution in [-0.4, -0.2) is 40.6 Å². The van der Waals surface area contributed by atoms with E-state index in [1.807, 2.05) is 0 Å². The first-order valence-corrected chi connectivity index (χ1v) is 9.71. The Morgan fingerprint density at radius 3 is 1.68 bits per heavy atom. The second-order valence-electron chi connectivity index (χ2n) is 7.61. The molecule has 0 spiro atoms. The van der Waals surface area contributed by atoms with Crippen molar-refractivity contribution >= 4 is 5.97 Å². The molecule has 1 unspecified atom stereocenters. The minimum absolute atomic E-state index is 0.307. The van der Waals surface area contributed by atoms with Gasteiger partial charge in [-0.25, -0.2) is 4.79 Å². The molecular formula is C22H19F9O3. The van der Waals surface area contributed by atoms with Crippen molar-refractivity contribution in [2.24, 2.45) is 0 Å². The Balaban J connectivity index is 2.34. The number of halogens is 9. The number of aryl methyl sites for hydroxylation is 1. The largest absolute Gasteiger partial charge is 0.460 e. The second kappa shape index (κ2) is 9.85. The summed E-state index contributed by atoms with van der Waals surface area (Å²) < 4.78 is 125. The van der Waals surface area contributed by atoms with E-state index < -0.39 is 55.0 Å². The SMILES string of the molecule is O=C(OCc1ccccc1)C(O)(CCc1ccccc1)CC(F)(F)C(F)(F)C(F)(F)C(F)(F)F. The van der Waals surface area contributed by atoms with Crippen molar-refractivity contribution in [3.8, 4) is 0 Å². The summed E-state index contributed by atoms with van der Waals surface area (Å²) in [6, 6.07) is 14.9. The number of aliphatic hydroxyl groups is 1. The monoisotopic (exact) mass is 502 g/mol. The van der Waals surface area contributed by atoms with Crippen molar-refractivity contribution in [2.75, 3.05) is 0 Å². The third-order valence-corrected chi connectivity index (χ3v) is 4.99. The van der Waals surface area contributed by atoms with Crippen molar-refractivity contribution in [3.05, 3.63) is 71.8 Å². The van der Waals surface area contributed by atoms with Gasteiger partial charge < -0.3 is 9.84 Å². The average molecular weight is 502 g/mol. The van der Waals surface area contributed by atoms with Crippen LogP contribution in [0.5, 0.6) is 0 Å². The van der Waals surface area contributed by atoms with Gasteiger partial charge >= 0.3 is 29.9 Å². The third kappa shape index (κ3) is 5.83. The van der Waals surface area contributed by atoms with Crippen molar-refractivity contribution in [1.82, 2.24) is 0 Å². The van der Waals surface area contributed by atoms with E-state index in [9.17, 15) is 49.4 Å². The molecule has 0 amide bonds. The predicted molar refractivity (Wildman–Crippen MR) is 101 cm³/mol. The summed E-state index contributed by atoms with van der Waals surface area (Å²) in [7, 11) is 0. The van der Waals surface area contributed by atoms with Crippen LogP contribution < -0.4 is 0 Å². The number of carbonyl (C=O) groups excluding carboxylic acids is 1. The third-order valence-electron chi connectivity index (χ3n) is 4.99. The highest BCUT2D eigenvalue weighted by molar-refractivity contribution is 5.79. The number of benzene rings is 2. The molecule has 188 valence electrons. The minimum Gasteiger partial charge on any atom is -0.459 e. The quantitative estimate of drug-likeness (QED) is 0.323. The van der Waals surface area contributed by atoms with E-state index in [4.69, 9.17) is 4.74 Å². The zero-order chi connectivity index (χ0) is 25.8. The molecule has 0 fully saturated rings. The molecule has 2 aromatic carbocycles. The molecule has 0 radical (unpaired) electrons. The first-order chi connectivity index (χ1) is 15.5. The maximum Gasteiger partial charge on any atom is 0.460 e. The number of esters is 1. The lowest BCUT2D eigenvalue weighted by atomic mass is 9.85. The van der Waals surface area contributed by atoms with Crippen LogP contribution in [-0.2, 0) is 22.6 Å². The minimum atomic E-state index is -7.14. The highest BCUT2D eigenvalue weighted by Gasteiger charge is 2.82. The van der Waals surface area contributed by atoms with E-state index in [1.54, 1.807) is 12.1 Å². The summed E-state index contributed by atoms with van der Waals surface area (Å²) >= 11 is 0. The molecule has 0 aliphatic rings. The summed E-state index contributed by atoms with van der Waals surface area (Å²) in [5, 5.41) is 10.6. The lowest BCUT2D eigenvalue weighted by Gasteiger charge is -2.37. The van der Waals surface area contributed by atoms with Gasteiger partial charge in [0, 0.05) is 0 Å². The summed E-state index contributed by atoms with van der Waals surface area (Å²) in [6.45, 7) is -0.603. The molecule has 0 heterocycles. The maximum atomic E-state index is 14.3. The number of alkyl halides is 9. The van der Waals surface area contributed by atoms with Crippen LogP contribution in [0.1, 0.15) is 24.0 Å². The van der Waals surface area contributed by atoms with Gasteiger partial charge in [0.05, 0.1) is 6.42 Å². The van der Waals surface area contributed by atoms with Gasteiger partial charge in [-0.2, -0.15) is 39.5 Å². The van der Waals surface area contributed by atoms with Crippen LogP contribution in [0.4, 0.5) is 39.5 Å². The molecule has 1 atom stereocenters. The molecule has 34 heavy (non-hydrogen) atoms. The van der Waals surface area contributed by atoms with Crippen LogP contribution in [0.3, 0.4) is 0 Å². The molecule has 0 aromatic heterocycles. The topological polar surface area (TPSA) is 46.5 Å². The van der Waals surface area contributed by atoms with Crippen molar-refractivity contribution in [3.63, 3.8) is 0 Å². The summed E-state index contributed by atoms with van der Waals surface area (Å²) in [6.07, 6.45) is -11.2. The van der Waals surface area contributed by atoms with E-state index in [-0.39, 0.29) is 6.42 Å². The Morgan fingerprint density at radius 1 is 0.735 bits per heavy atom. The van der Waals surface area contributed by atoms with Crippen molar-refractivity contribution < 1.29 is 54.2 Å². The van der Waals surface area contributed by atoms with Crippen molar-refractivity contribution in [2.45, 2.75) is 55.4 Å². The Kier molecular flexibility index (Phi) is 7.96.